The summed E-state index contributed by atoms with van der Waals surface area (Å²) in [6.07, 6.45) is 0.268. The number of hydrogen-bond donors (Lipinski definition) is 2. The zero-order valence-electron chi connectivity index (χ0n) is 9.27. The smallest absolute Gasteiger partial charge is 0.336 e. The van der Waals surface area contributed by atoms with Crippen LogP contribution in [0.1, 0.15) is 5.56 Å². The van der Waals surface area contributed by atoms with Crippen LogP contribution in [0, 0.1) is 0 Å². The van der Waals surface area contributed by atoms with Crippen molar-refractivity contribution in [1.82, 2.24) is 0 Å². The molecule has 0 atom stereocenters. The van der Waals surface area contributed by atoms with Crippen molar-refractivity contribution < 1.29 is 19.4 Å². The summed E-state index contributed by atoms with van der Waals surface area (Å²) in [7, 11) is 1.46. The van der Waals surface area contributed by atoms with Crippen LogP contribution in [0.3, 0.4) is 0 Å². The number of phenols is 1. The van der Waals surface area contributed by atoms with E-state index in [0.717, 1.165) is 0 Å². The third-order valence-corrected chi connectivity index (χ3v) is 2.52. The molecule has 5 nitrogen and oxygen atoms in total. The molecule has 5 heteroatoms. The van der Waals surface area contributed by atoms with Crippen LogP contribution in [0.15, 0.2) is 27.4 Å². The maximum Gasteiger partial charge on any atom is 0.336 e. The number of phenolic OH excluding ortho intramolecular Hbond substituents is 1. The van der Waals surface area contributed by atoms with Gasteiger partial charge in [0.15, 0.2) is 0 Å². The van der Waals surface area contributed by atoms with Gasteiger partial charge in [0.1, 0.15) is 17.1 Å². The number of rotatable bonds is 3. The first kappa shape index (κ1) is 11.5. The Kier molecular flexibility index (Phi) is 3.01. The molecule has 17 heavy (non-hydrogen) atoms. The van der Waals surface area contributed by atoms with Gasteiger partial charge in [-0.3, -0.25) is 0 Å². The van der Waals surface area contributed by atoms with Crippen LogP contribution >= 0.6 is 0 Å². The molecule has 2 rings (SSSR count). The highest BCUT2D eigenvalue weighted by Crippen LogP contribution is 2.35. The number of benzene rings is 1. The van der Waals surface area contributed by atoms with E-state index in [1.807, 2.05) is 0 Å². The Balaban J connectivity index is 2.80. The van der Waals surface area contributed by atoms with E-state index in [1.165, 1.54) is 19.2 Å². The quantitative estimate of drug-likeness (QED) is 0.778. The van der Waals surface area contributed by atoms with E-state index in [0.29, 0.717) is 16.7 Å². The Hall–Kier alpha value is -2.01. The first-order chi connectivity index (χ1) is 8.17. The minimum Gasteiger partial charge on any atom is -0.507 e. The summed E-state index contributed by atoms with van der Waals surface area (Å²) in [4.78, 5) is 11.1. The van der Waals surface area contributed by atoms with Crippen LogP contribution in [0.2, 0.25) is 0 Å². The fourth-order valence-corrected chi connectivity index (χ4v) is 1.80. The minimum absolute atomic E-state index is 0.0576. The number of methoxy groups -OCH3 is 1. The van der Waals surface area contributed by atoms with Crippen LogP contribution in [0.4, 0.5) is 0 Å². The lowest BCUT2D eigenvalue weighted by atomic mass is 10.1. The largest absolute Gasteiger partial charge is 0.507 e. The van der Waals surface area contributed by atoms with E-state index < -0.39 is 5.63 Å². The van der Waals surface area contributed by atoms with E-state index in [4.69, 9.17) is 14.3 Å². The first-order valence-corrected chi connectivity index (χ1v) is 5.11. The molecule has 0 saturated carbocycles. The summed E-state index contributed by atoms with van der Waals surface area (Å²) in [5.41, 5.74) is 0.263. The van der Waals surface area contributed by atoms with Crippen molar-refractivity contribution in [2.24, 2.45) is 0 Å². The maximum atomic E-state index is 11.1. The lowest BCUT2D eigenvalue weighted by Crippen LogP contribution is -2.00. The second-order valence-corrected chi connectivity index (χ2v) is 3.55. The van der Waals surface area contributed by atoms with Crippen LogP contribution in [-0.4, -0.2) is 23.9 Å². The second-order valence-electron chi connectivity index (χ2n) is 3.55. The van der Waals surface area contributed by atoms with Gasteiger partial charge in [0.25, 0.3) is 0 Å². The topological polar surface area (TPSA) is 79.9 Å². The molecule has 2 aromatic rings. The van der Waals surface area contributed by atoms with Crippen molar-refractivity contribution in [3.63, 3.8) is 0 Å². The Morgan fingerprint density at radius 1 is 1.41 bits per heavy atom. The Labute approximate surface area is 96.9 Å². The van der Waals surface area contributed by atoms with Crippen LogP contribution in [0.5, 0.6) is 11.5 Å². The van der Waals surface area contributed by atoms with Crippen molar-refractivity contribution >= 4 is 11.0 Å². The fraction of sp³-hybridized carbons (Fsp3) is 0.250. The normalized spacial score (nSPS) is 10.7. The molecule has 0 radical (unpaired) electrons. The van der Waals surface area contributed by atoms with Crippen molar-refractivity contribution in [3.05, 3.63) is 34.2 Å². The molecule has 1 aromatic heterocycles. The summed E-state index contributed by atoms with van der Waals surface area (Å²) in [6, 6.07) is 4.20. The molecule has 0 saturated heterocycles. The molecule has 90 valence electrons. The summed E-state index contributed by atoms with van der Waals surface area (Å²) in [5, 5.41) is 19.3. The lowest BCUT2D eigenvalue weighted by molar-refractivity contribution is 0.294. The summed E-state index contributed by atoms with van der Waals surface area (Å²) in [5.74, 6) is 0.357. The average Bonchev–Trinajstić information content (AvgIpc) is 2.30. The number of aromatic hydroxyl groups is 1. The fourth-order valence-electron chi connectivity index (χ4n) is 1.80. The predicted octanol–water partition coefficient (Wildman–Crippen LogP) is 1.04. The number of aliphatic hydroxyl groups excluding tert-OH is 1. The molecular formula is C12H12O5. The van der Waals surface area contributed by atoms with Crippen molar-refractivity contribution in [3.8, 4) is 11.5 Å². The summed E-state index contributed by atoms with van der Waals surface area (Å²) >= 11 is 0. The summed E-state index contributed by atoms with van der Waals surface area (Å²) < 4.78 is 10.2. The third-order valence-electron chi connectivity index (χ3n) is 2.52. The molecular weight excluding hydrogens is 224 g/mol. The van der Waals surface area contributed by atoms with Gasteiger partial charge in [-0.25, -0.2) is 4.79 Å². The van der Waals surface area contributed by atoms with Crippen molar-refractivity contribution in [2.45, 2.75) is 6.42 Å². The van der Waals surface area contributed by atoms with E-state index in [2.05, 4.69) is 0 Å². The van der Waals surface area contributed by atoms with Crippen molar-refractivity contribution in [2.75, 3.05) is 13.7 Å². The van der Waals surface area contributed by atoms with Gasteiger partial charge in [-0.05, 0) is 6.07 Å². The highest BCUT2D eigenvalue weighted by Gasteiger charge is 2.14. The SMILES string of the molecule is COc1c(CCO)c(O)cc2oc(=O)ccc12. The standard InChI is InChI=1S/C12H12O5/c1-16-12-7(4-5-13)9(14)6-10-8(12)2-3-11(15)17-10/h2-3,6,13-14H,4-5H2,1H3. The van der Waals surface area contributed by atoms with Gasteiger partial charge >= 0.3 is 5.63 Å². The molecule has 1 heterocycles. The Bertz CT molecular complexity index is 600. The van der Waals surface area contributed by atoms with Crippen LogP contribution in [-0.2, 0) is 6.42 Å². The molecule has 0 bridgehead atoms. The zero-order chi connectivity index (χ0) is 12.4. The Morgan fingerprint density at radius 2 is 2.18 bits per heavy atom. The monoisotopic (exact) mass is 236 g/mol. The molecule has 2 N–H and O–H groups in total. The van der Waals surface area contributed by atoms with E-state index in [-0.39, 0.29) is 24.4 Å². The number of aliphatic hydroxyl groups is 1. The van der Waals surface area contributed by atoms with Gasteiger partial charge in [-0.15, -0.1) is 0 Å². The molecule has 0 unspecified atom stereocenters. The molecule has 0 aliphatic carbocycles. The van der Waals surface area contributed by atoms with Gasteiger partial charge in [0.2, 0.25) is 0 Å². The number of hydrogen-bond acceptors (Lipinski definition) is 5. The van der Waals surface area contributed by atoms with Gasteiger partial charge in [0, 0.05) is 30.7 Å². The molecule has 0 aliphatic rings. The minimum atomic E-state index is -0.492. The highest BCUT2D eigenvalue weighted by molar-refractivity contribution is 5.87. The van der Waals surface area contributed by atoms with Gasteiger partial charge in [-0.1, -0.05) is 0 Å². The molecule has 0 amide bonds. The van der Waals surface area contributed by atoms with Crippen LogP contribution in [0.25, 0.3) is 11.0 Å². The van der Waals surface area contributed by atoms with Crippen molar-refractivity contribution in [1.29, 1.82) is 0 Å². The molecule has 0 spiro atoms. The van der Waals surface area contributed by atoms with Crippen LogP contribution < -0.4 is 10.4 Å². The van der Waals surface area contributed by atoms with E-state index in [1.54, 1.807) is 6.07 Å². The highest BCUT2D eigenvalue weighted by atomic mass is 16.5. The second kappa shape index (κ2) is 4.47. The van der Waals surface area contributed by atoms with Gasteiger partial charge in [-0.2, -0.15) is 0 Å². The predicted molar refractivity (Wildman–Crippen MR) is 61.5 cm³/mol. The van der Waals surface area contributed by atoms with Gasteiger partial charge < -0.3 is 19.4 Å². The van der Waals surface area contributed by atoms with E-state index >= 15 is 0 Å². The third kappa shape index (κ3) is 1.97. The van der Waals surface area contributed by atoms with Gasteiger partial charge in [0.05, 0.1) is 12.5 Å². The van der Waals surface area contributed by atoms with E-state index in [9.17, 15) is 9.90 Å². The molecule has 1 aromatic carbocycles. The number of fused-ring (bicyclic) bond motifs is 1. The lowest BCUT2D eigenvalue weighted by Gasteiger charge is -2.11. The summed E-state index contributed by atoms with van der Waals surface area (Å²) in [6.45, 7) is -0.105. The zero-order valence-corrected chi connectivity index (χ0v) is 9.27. The number of ether oxygens (including phenoxy) is 1. The maximum absolute atomic E-state index is 11.1. The average molecular weight is 236 g/mol. The molecule has 0 aliphatic heterocycles. The first-order valence-electron chi connectivity index (χ1n) is 5.11. The molecule has 0 fully saturated rings. The Morgan fingerprint density at radius 3 is 2.82 bits per heavy atom.